The van der Waals surface area contributed by atoms with Gasteiger partial charge in [-0.2, -0.15) is 0 Å². The van der Waals surface area contributed by atoms with Crippen molar-refractivity contribution in [3.8, 4) is 0 Å². The van der Waals surface area contributed by atoms with Gasteiger partial charge in [-0.3, -0.25) is 0 Å². The van der Waals surface area contributed by atoms with Crippen LogP contribution in [-0.4, -0.2) is 0 Å². The van der Waals surface area contributed by atoms with E-state index in [0.717, 1.165) is 17.8 Å². The topological polar surface area (TPSA) is 0 Å². The van der Waals surface area contributed by atoms with Gasteiger partial charge in [-0.15, -0.1) is 0 Å². The zero-order valence-corrected chi connectivity index (χ0v) is 8.77. The average Bonchev–Trinajstić information content (AvgIpc) is 2.46. The Morgan fingerprint density at radius 3 is 1.83 bits per heavy atom. The molecule has 1 aliphatic carbocycles. The Labute approximate surface area is 77.1 Å². The molecule has 0 N–H and O–H groups in total. The van der Waals surface area contributed by atoms with Crippen LogP contribution in [0.1, 0.15) is 46.5 Å². The molecule has 1 fully saturated rings. The quantitative estimate of drug-likeness (QED) is 0.555. The molecule has 2 atom stereocenters. The van der Waals surface area contributed by atoms with Crippen LogP contribution in [0.25, 0.3) is 0 Å². The van der Waals surface area contributed by atoms with Gasteiger partial charge in [-0.1, -0.05) is 38.8 Å². The zero-order valence-electron chi connectivity index (χ0n) is 8.77. The molecule has 1 saturated carbocycles. The van der Waals surface area contributed by atoms with E-state index in [9.17, 15) is 0 Å². The fourth-order valence-electron chi connectivity index (χ4n) is 2.89. The molecule has 0 aromatic heterocycles. The van der Waals surface area contributed by atoms with Crippen molar-refractivity contribution in [2.75, 3.05) is 0 Å². The van der Waals surface area contributed by atoms with Crippen molar-refractivity contribution in [3.05, 3.63) is 12.2 Å². The third-order valence-corrected chi connectivity index (χ3v) is 3.54. The third-order valence-electron chi connectivity index (χ3n) is 3.54. The van der Waals surface area contributed by atoms with Gasteiger partial charge >= 0.3 is 0 Å². The van der Waals surface area contributed by atoms with Crippen molar-refractivity contribution < 1.29 is 0 Å². The molecular weight excluding hydrogens is 144 g/mol. The van der Waals surface area contributed by atoms with Gasteiger partial charge in [-0.05, 0) is 37.5 Å². The lowest BCUT2D eigenvalue weighted by Gasteiger charge is -2.23. The second-order valence-electron chi connectivity index (χ2n) is 4.29. The van der Waals surface area contributed by atoms with Crippen molar-refractivity contribution in [2.24, 2.45) is 17.8 Å². The van der Waals surface area contributed by atoms with Crippen LogP contribution in [0.5, 0.6) is 0 Å². The van der Waals surface area contributed by atoms with E-state index < -0.39 is 0 Å². The number of hydrogen-bond donors (Lipinski definition) is 0. The first-order valence-electron chi connectivity index (χ1n) is 5.36. The van der Waals surface area contributed by atoms with Crippen molar-refractivity contribution in [1.29, 1.82) is 0 Å². The predicted molar refractivity (Wildman–Crippen MR) is 55.1 cm³/mol. The van der Waals surface area contributed by atoms with E-state index in [0.29, 0.717) is 0 Å². The summed E-state index contributed by atoms with van der Waals surface area (Å²) >= 11 is 0. The van der Waals surface area contributed by atoms with E-state index in [2.05, 4.69) is 27.4 Å². The van der Waals surface area contributed by atoms with E-state index in [1.807, 2.05) is 0 Å². The molecule has 70 valence electrons. The standard InChI is InChI=1S/C12H22/c1-5-10-7-8-11(6-2)12(10)9(3)4/h10-12H,3,5-8H2,1-2,4H3. The minimum atomic E-state index is 0.833. The van der Waals surface area contributed by atoms with E-state index in [4.69, 9.17) is 0 Å². The van der Waals surface area contributed by atoms with E-state index in [1.165, 1.54) is 31.3 Å². The Morgan fingerprint density at radius 1 is 1.17 bits per heavy atom. The molecule has 0 spiro atoms. The second kappa shape index (κ2) is 4.11. The molecule has 0 aliphatic heterocycles. The smallest absolute Gasteiger partial charge is 0.0152 e. The summed E-state index contributed by atoms with van der Waals surface area (Å²) in [6.45, 7) is 11.0. The minimum absolute atomic E-state index is 0.833. The molecule has 0 nitrogen and oxygen atoms in total. The molecule has 0 saturated heterocycles. The van der Waals surface area contributed by atoms with Gasteiger partial charge in [0.15, 0.2) is 0 Å². The maximum Gasteiger partial charge on any atom is -0.0152 e. The predicted octanol–water partition coefficient (Wildman–Crippen LogP) is 4.02. The van der Waals surface area contributed by atoms with Crippen LogP contribution in [0.4, 0.5) is 0 Å². The summed E-state index contributed by atoms with van der Waals surface area (Å²) in [7, 11) is 0. The molecule has 2 unspecified atom stereocenters. The van der Waals surface area contributed by atoms with Crippen molar-refractivity contribution in [3.63, 3.8) is 0 Å². The summed E-state index contributed by atoms with van der Waals surface area (Å²) < 4.78 is 0. The first-order chi connectivity index (χ1) is 5.70. The summed E-state index contributed by atoms with van der Waals surface area (Å²) in [4.78, 5) is 0. The van der Waals surface area contributed by atoms with Gasteiger partial charge < -0.3 is 0 Å². The highest BCUT2D eigenvalue weighted by Crippen LogP contribution is 2.43. The molecule has 1 aliphatic rings. The average molecular weight is 166 g/mol. The maximum atomic E-state index is 4.13. The fourth-order valence-corrected chi connectivity index (χ4v) is 2.89. The van der Waals surface area contributed by atoms with Crippen LogP contribution in [0, 0.1) is 17.8 Å². The molecule has 0 radical (unpaired) electrons. The molecule has 0 heterocycles. The molecule has 0 aromatic carbocycles. The first kappa shape index (κ1) is 9.83. The van der Waals surface area contributed by atoms with Crippen LogP contribution in [0.2, 0.25) is 0 Å². The summed E-state index contributed by atoms with van der Waals surface area (Å²) in [5.74, 6) is 2.71. The molecular formula is C12H22. The Morgan fingerprint density at radius 2 is 1.58 bits per heavy atom. The Bertz CT molecular complexity index is 145. The number of allylic oxidation sites excluding steroid dienone is 1. The highest BCUT2D eigenvalue weighted by Gasteiger charge is 2.33. The fraction of sp³-hybridized carbons (Fsp3) is 0.833. The SMILES string of the molecule is C=C(C)C1C(CC)CCC1CC. The van der Waals surface area contributed by atoms with Crippen LogP contribution < -0.4 is 0 Å². The summed E-state index contributed by atoms with van der Waals surface area (Å²) in [5, 5.41) is 0. The monoisotopic (exact) mass is 166 g/mol. The van der Waals surface area contributed by atoms with Crippen molar-refractivity contribution in [1.82, 2.24) is 0 Å². The Kier molecular flexibility index (Phi) is 3.37. The number of hydrogen-bond acceptors (Lipinski definition) is 0. The van der Waals surface area contributed by atoms with Gasteiger partial charge in [0.05, 0.1) is 0 Å². The molecule has 0 aromatic rings. The lowest BCUT2D eigenvalue weighted by molar-refractivity contribution is 0.347. The Balaban J connectivity index is 2.65. The van der Waals surface area contributed by atoms with E-state index >= 15 is 0 Å². The molecule has 12 heavy (non-hydrogen) atoms. The van der Waals surface area contributed by atoms with Gasteiger partial charge in [0, 0.05) is 0 Å². The van der Waals surface area contributed by atoms with Gasteiger partial charge in [0.2, 0.25) is 0 Å². The normalized spacial score (nSPS) is 35.4. The first-order valence-corrected chi connectivity index (χ1v) is 5.36. The van der Waals surface area contributed by atoms with Crippen LogP contribution in [0.3, 0.4) is 0 Å². The lowest BCUT2D eigenvalue weighted by Crippen LogP contribution is -2.14. The maximum absolute atomic E-state index is 4.13. The summed E-state index contributed by atoms with van der Waals surface area (Å²) in [6.07, 6.45) is 5.56. The van der Waals surface area contributed by atoms with Crippen molar-refractivity contribution in [2.45, 2.75) is 46.5 Å². The summed E-state index contributed by atoms with van der Waals surface area (Å²) in [6, 6.07) is 0. The van der Waals surface area contributed by atoms with Crippen LogP contribution in [0.15, 0.2) is 12.2 Å². The van der Waals surface area contributed by atoms with E-state index in [-0.39, 0.29) is 0 Å². The summed E-state index contributed by atoms with van der Waals surface area (Å²) in [5.41, 5.74) is 1.42. The largest absolute Gasteiger partial charge is 0.0998 e. The molecule has 1 rings (SSSR count). The van der Waals surface area contributed by atoms with Gasteiger partial charge in [0.25, 0.3) is 0 Å². The van der Waals surface area contributed by atoms with E-state index in [1.54, 1.807) is 0 Å². The lowest BCUT2D eigenvalue weighted by atomic mass is 9.82. The molecule has 0 heteroatoms. The van der Waals surface area contributed by atoms with Crippen LogP contribution in [-0.2, 0) is 0 Å². The van der Waals surface area contributed by atoms with Gasteiger partial charge in [0.1, 0.15) is 0 Å². The zero-order chi connectivity index (χ0) is 9.14. The highest BCUT2D eigenvalue weighted by atomic mass is 14.4. The van der Waals surface area contributed by atoms with Gasteiger partial charge in [-0.25, -0.2) is 0 Å². The molecule has 0 amide bonds. The highest BCUT2D eigenvalue weighted by molar-refractivity contribution is 5.04. The minimum Gasteiger partial charge on any atom is -0.0998 e. The number of rotatable bonds is 3. The van der Waals surface area contributed by atoms with Crippen molar-refractivity contribution >= 4 is 0 Å². The van der Waals surface area contributed by atoms with Crippen LogP contribution >= 0.6 is 0 Å². The third kappa shape index (κ3) is 1.73. The Hall–Kier alpha value is -0.260. The second-order valence-corrected chi connectivity index (χ2v) is 4.29. The molecule has 0 bridgehead atoms.